The Kier molecular flexibility index (Phi) is 15.3. The highest BCUT2D eigenvalue weighted by atomic mass is 16.5. The first kappa shape index (κ1) is 27.0. The maximum absolute atomic E-state index is 12.3. The summed E-state index contributed by atoms with van der Waals surface area (Å²) in [7, 11) is 0. The predicted molar refractivity (Wildman–Crippen MR) is 123 cm³/mol. The molecule has 0 heterocycles. The van der Waals surface area contributed by atoms with Crippen molar-refractivity contribution >= 4 is 12.0 Å². The molecule has 31 heavy (non-hydrogen) atoms. The number of ether oxygens (including phenoxy) is 1. The van der Waals surface area contributed by atoms with Gasteiger partial charge in [0, 0.05) is 19.3 Å². The van der Waals surface area contributed by atoms with E-state index in [1.165, 1.54) is 24.6 Å². The molecule has 0 aliphatic carbocycles. The highest BCUT2D eigenvalue weighted by Gasteiger charge is 2.13. The summed E-state index contributed by atoms with van der Waals surface area (Å²) in [6, 6.07) is 4.37. The molecule has 4 N–H and O–H groups in total. The van der Waals surface area contributed by atoms with Gasteiger partial charge in [0.1, 0.15) is 6.10 Å². The first-order valence-corrected chi connectivity index (χ1v) is 11.7. The molecule has 0 radical (unpaired) electrons. The van der Waals surface area contributed by atoms with Crippen molar-refractivity contribution < 1.29 is 30.0 Å². The zero-order valence-electron chi connectivity index (χ0n) is 18.7. The van der Waals surface area contributed by atoms with Crippen LogP contribution in [-0.4, -0.2) is 45.7 Å². The monoisotopic (exact) mass is 436 g/mol. The molecule has 0 bridgehead atoms. The van der Waals surface area contributed by atoms with Crippen molar-refractivity contribution in [2.75, 3.05) is 13.2 Å². The maximum atomic E-state index is 12.3. The van der Waals surface area contributed by atoms with Gasteiger partial charge in [0.15, 0.2) is 11.5 Å². The standard InChI is InChI=1S/C25H40O6/c26-18-10-6-3-1-2-4-8-12-22(13-9-5-7-11-19-27)31-25(30)17-15-21-14-16-23(28)24(29)20-21/h14-17,20,22,26-29H,1-13,18-19H2/t22-/m1/s1. The first-order chi connectivity index (χ1) is 15.1. The molecule has 0 fully saturated rings. The van der Waals surface area contributed by atoms with Gasteiger partial charge in [0.05, 0.1) is 0 Å². The molecule has 0 saturated carbocycles. The number of aliphatic hydroxyl groups is 2. The van der Waals surface area contributed by atoms with Gasteiger partial charge in [-0.25, -0.2) is 4.79 Å². The normalized spacial score (nSPS) is 12.3. The molecule has 1 atom stereocenters. The Morgan fingerprint density at radius 2 is 1.29 bits per heavy atom. The largest absolute Gasteiger partial charge is 0.504 e. The molecule has 0 amide bonds. The third-order valence-electron chi connectivity index (χ3n) is 5.31. The molecule has 0 saturated heterocycles. The summed E-state index contributed by atoms with van der Waals surface area (Å²) in [6.45, 7) is 0.488. The van der Waals surface area contributed by atoms with Crippen molar-refractivity contribution in [1.82, 2.24) is 0 Å². The zero-order valence-corrected chi connectivity index (χ0v) is 18.7. The summed E-state index contributed by atoms with van der Waals surface area (Å²) in [5.41, 5.74) is 0.606. The van der Waals surface area contributed by atoms with Crippen LogP contribution in [0.5, 0.6) is 11.5 Å². The molecule has 1 aromatic carbocycles. The Labute approximate surface area is 186 Å². The lowest BCUT2D eigenvalue weighted by atomic mass is 10.0. The second-order valence-electron chi connectivity index (χ2n) is 8.05. The van der Waals surface area contributed by atoms with Crippen LogP contribution < -0.4 is 0 Å². The van der Waals surface area contributed by atoms with Crippen LogP contribution in [-0.2, 0) is 9.53 Å². The van der Waals surface area contributed by atoms with E-state index in [-0.39, 0.29) is 30.8 Å². The van der Waals surface area contributed by atoms with Crippen molar-refractivity contribution in [2.24, 2.45) is 0 Å². The molecular weight excluding hydrogens is 396 g/mol. The van der Waals surface area contributed by atoms with E-state index >= 15 is 0 Å². The van der Waals surface area contributed by atoms with Crippen LogP contribution in [0, 0.1) is 0 Å². The molecule has 1 aromatic rings. The average Bonchev–Trinajstić information content (AvgIpc) is 2.76. The van der Waals surface area contributed by atoms with Gasteiger partial charge in [-0.2, -0.15) is 0 Å². The van der Waals surface area contributed by atoms with Gasteiger partial charge in [0.25, 0.3) is 0 Å². The summed E-state index contributed by atoms with van der Waals surface area (Å²) in [6.07, 6.45) is 15.8. The number of hydrogen-bond donors (Lipinski definition) is 4. The molecule has 0 aliphatic rings. The van der Waals surface area contributed by atoms with E-state index in [0.29, 0.717) is 5.56 Å². The molecule has 0 spiro atoms. The molecular formula is C25H40O6. The van der Waals surface area contributed by atoms with Crippen molar-refractivity contribution in [3.63, 3.8) is 0 Å². The molecule has 1 rings (SSSR count). The third-order valence-corrected chi connectivity index (χ3v) is 5.31. The molecule has 0 unspecified atom stereocenters. The van der Waals surface area contributed by atoms with Crippen LogP contribution in [0.3, 0.4) is 0 Å². The Bertz CT molecular complexity index is 628. The van der Waals surface area contributed by atoms with Crippen molar-refractivity contribution in [1.29, 1.82) is 0 Å². The SMILES string of the molecule is O=C(C=Cc1ccc(O)c(O)c1)O[C@@H](CCCCCCO)CCCCCCCCCO. The van der Waals surface area contributed by atoms with Gasteiger partial charge in [0.2, 0.25) is 0 Å². The van der Waals surface area contributed by atoms with Crippen LogP contribution in [0.4, 0.5) is 0 Å². The smallest absolute Gasteiger partial charge is 0.331 e. The minimum atomic E-state index is -0.406. The molecule has 6 nitrogen and oxygen atoms in total. The highest BCUT2D eigenvalue weighted by molar-refractivity contribution is 5.87. The average molecular weight is 437 g/mol. The third kappa shape index (κ3) is 13.8. The van der Waals surface area contributed by atoms with Gasteiger partial charge >= 0.3 is 5.97 Å². The number of carbonyl (C=O) groups excluding carboxylic acids is 1. The molecule has 0 aromatic heterocycles. The van der Waals surface area contributed by atoms with Crippen molar-refractivity contribution in [2.45, 2.75) is 89.6 Å². The zero-order chi connectivity index (χ0) is 22.7. The van der Waals surface area contributed by atoms with Gasteiger partial charge in [-0.15, -0.1) is 0 Å². The number of phenols is 2. The fourth-order valence-electron chi connectivity index (χ4n) is 3.48. The van der Waals surface area contributed by atoms with E-state index in [4.69, 9.17) is 14.9 Å². The van der Waals surface area contributed by atoms with Gasteiger partial charge in [-0.3, -0.25) is 0 Å². The fourth-order valence-corrected chi connectivity index (χ4v) is 3.48. The number of benzene rings is 1. The maximum Gasteiger partial charge on any atom is 0.331 e. The number of phenolic OH excluding ortho intramolecular Hbond substituents is 2. The summed E-state index contributed by atoms with van der Waals surface area (Å²) in [5, 5.41) is 36.6. The lowest BCUT2D eigenvalue weighted by molar-refractivity contribution is -0.143. The van der Waals surface area contributed by atoms with Crippen LogP contribution in [0.25, 0.3) is 6.08 Å². The number of unbranched alkanes of at least 4 members (excludes halogenated alkanes) is 9. The van der Waals surface area contributed by atoms with Crippen LogP contribution >= 0.6 is 0 Å². The van der Waals surface area contributed by atoms with E-state index in [1.807, 2.05) is 0 Å². The Morgan fingerprint density at radius 1 is 0.774 bits per heavy atom. The van der Waals surface area contributed by atoms with E-state index < -0.39 is 5.97 Å². The number of aromatic hydroxyl groups is 2. The van der Waals surface area contributed by atoms with Crippen molar-refractivity contribution in [3.05, 3.63) is 29.8 Å². The summed E-state index contributed by atoms with van der Waals surface area (Å²) < 4.78 is 5.68. The van der Waals surface area contributed by atoms with Crippen LogP contribution in [0.15, 0.2) is 24.3 Å². The Morgan fingerprint density at radius 3 is 1.81 bits per heavy atom. The Balaban J connectivity index is 2.42. The summed E-state index contributed by atoms with van der Waals surface area (Å²) in [5.74, 6) is -0.834. The topological polar surface area (TPSA) is 107 Å². The predicted octanol–water partition coefficient (Wildman–Crippen LogP) is 5.08. The highest BCUT2D eigenvalue weighted by Crippen LogP contribution is 2.25. The number of rotatable bonds is 18. The lowest BCUT2D eigenvalue weighted by Crippen LogP contribution is -2.17. The van der Waals surface area contributed by atoms with Crippen LogP contribution in [0.1, 0.15) is 89.0 Å². The second kappa shape index (κ2) is 17.6. The van der Waals surface area contributed by atoms with Crippen LogP contribution in [0.2, 0.25) is 0 Å². The molecule has 176 valence electrons. The molecule has 6 heteroatoms. The Hall–Kier alpha value is -2.05. The van der Waals surface area contributed by atoms with E-state index in [9.17, 15) is 15.0 Å². The minimum absolute atomic E-state index is 0.117. The number of hydrogen-bond acceptors (Lipinski definition) is 6. The quantitative estimate of drug-likeness (QED) is 0.111. The number of carbonyl (C=O) groups is 1. The van der Waals surface area contributed by atoms with E-state index in [1.54, 1.807) is 12.1 Å². The molecule has 0 aliphatic heterocycles. The fraction of sp³-hybridized carbons (Fsp3) is 0.640. The van der Waals surface area contributed by atoms with E-state index in [0.717, 1.165) is 77.0 Å². The summed E-state index contributed by atoms with van der Waals surface area (Å²) in [4.78, 5) is 12.3. The minimum Gasteiger partial charge on any atom is -0.504 e. The second-order valence-corrected chi connectivity index (χ2v) is 8.05. The van der Waals surface area contributed by atoms with Gasteiger partial charge in [-0.05, 0) is 62.3 Å². The van der Waals surface area contributed by atoms with Gasteiger partial charge < -0.3 is 25.2 Å². The van der Waals surface area contributed by atoms with E-state index in [2.05, 4.69) is 0 Å². The van der Waals surface area contributed by atoms with Gasteiger partial charge in [-0.1, -0.05) is 51.0 Å². The number of aliphatic hydroxyl groups excluding tert-OH is 2. The number of esters is 1. The summed E-state index contributed by atoms with van der Waals surface area (Å²) >= 11 is 0. The first-order valence-electron chi connectivity index (χ1n) is 11.7. The lowest BCUT2D eigenvalue weighted by Gasteiger charge is -2.17. The van der Waals surface area contributed by atoms with Crippen molar-refractivity contribution in [3.8, 4) is 11.5 Å².